The second-order valence-corrected chi connectivity index (χ2v) is 6.06. The molecule has 76 valence electrons. The summed E-state index contributed by atoms with van der Waals surface area (Å²) in [5, 5.41) is 0.359. The zero-order chi connectivity index (χ0) is 10.1. The summed E-state index contributed by atoms with van der Waals surface area (Å²) < 4.78 is 0. The third kappa shape index (κ3) is 12.4. The predicted octanol–water partition coefficient (Wildman–Crippen LogP) is 2.28. The molecular weight excluding hydrogens is 224 g/mol. The molecule has 5 heteroatoms. The lowest BCUT2D eigenvalue weighted by atomic mass is 10.9. The van der Waals surface area contributed by atoms with Gasteiger partial charge in [-0.3, -0.25) is 9.59 Å². The van der Waals surface area contributed by atoms with Crippen LogP contribution in [0.1, 0.15) is 13.8 Å². The van der Waals surface area contributed by atoms with Gasteiger partial charge in [0.05, 0.1) is 0 Å². The average molecular weight is 238 g/mol. The normalized spacial score (nSPS) is 10.0. The minimum atomic E-state index is 0.179. The monoisotopic (exact) mass is 238 g/mol. The van der Waals surface area contributed by atoms with E-state index in [-0.39, 0.29) is 10.2 Å². The third-order valence-corrected chi connectivity index (χ3v) is 4.20. The van der Waals surface area contributed by atoms with Crippen molar-refractivity contribution >= 4 is 45.5 Å². The quantitative estimate of drug-likeness (QED) is 0.663. The number of rotatable bonds is 6. The van der Waals surface area contributed by atoms with Crippen LogP contribution in [0.25, 0.3) is 0 Å². The lowest BCUT2D eigenvalue weighted by Gasteiger charge is -1.98. The maximum atomic E-state index is 10.5. The Bertz CT molecular complexity index is 153. The summed E-state index contributed by atoms with van der Waals surface area (Å²) in [5.41, 5.74) is 0. The summed E-state index contributed by atoms with van der Waals surface area (Å²) in [6.45, 7) is 3.17. The highest BCUT2D eigenvalue weighted by Crippen LogP contribution is 2.10. The number of carbonyl (C=O) groups excluding carboxylic acids is 2. The molecular formula is C8H14O2S3. The summed E-state index contributed by atoms with van der Waals surface area (Å²) >= 11 is 4.52. The Hall–Kier alpha value is 0.390. The maximum Gasteiger partial charge on any atom is 0.185 e. The first kappa shape index (κ1) is 13.4. The molecule has 0 aliphatic rings. The van der Waals surface area contributed by atoms with Crippen molar-refractivity contribution in [1.29, 1.82) is 0 Å². The van der Waals surface area contributed by atoms with Crippen molar-refractivity contribution in [2.45, 2.75) is 13.8 Å². The molecule has 2 nitrogen and oxygen atoms in total. The van der Waals surface area contributed by atoms with E-state index >= 15 is 0 Å². The van der Waals surface area contributed by atoms with E-state index in [0.717, 1.165) is 23.0 Å². The van der Waals surface area contributed by atoms with Gasteiger partial charge in [-0.05, 0) is 0 Å². The first-order valence-electron chi connectivity index (χ1n) is 3.97. The Labute approximate surface area is 92.0 Å². The highest BCUT2D eigenvalue weighted by molar-refractivity contribution is 8.15. The second-order valence-electron chi connectivity index (χ2n) is 2.29. The van der Waals surface area contributed by atoms with Crippen LogP contribution in [0.4, 0.5) is 0 Å². The fraction of sp³-hybridized carbons (Fsp3) is 0.750. The SMILES string of the molecule is CC(=O)SCCSCCSC(C)=O. The van der Waals surface area contributed by atoms with E-state index in [1.165, 1.54) is 23.5 Å². The van der Waals surface area contributed by atoms with E-state index in [4.69, 9.17) is 0 Å². The molecule has 0 aliphatic heterocycles. The zero-order valence-corrected chi connectivity index (χ0v) is 10.3. The van der Waals surface area contributed by atoms with Gasteiger partial charge in [0.1, 0.15) is 0 Å². The average Bonchev–Trinajstić information content (AvgIpc) is 2.01. The van der Waals surface area contributed by atoms with E-state index in [0.29, 0.717) is 0 Å². The van der Waals surface area contributed by atoms with Crippen molar-refractivity contribution in [3.63, 3.8) is 0 Å². The fourth-order valence-electron chi connectivity index (χ4n) is 0.591. The van der Waals surface area contributed by atoms with E-state index in [2.05, 4.69) is 0 Å². The van der Waals surface area contributed by atoms with Crippen LogP contribution in [-0.4, -0.2) is 33.2 Å². The molecule has 0 saturated carbocycles. The Morgan fingerprint density at radius 2 is 1.23 bits per heavy atom. The van der Waals surface area contributed by atoms with Gasteiger partial charge in [0.2, 0.25) is 0 Å². The highest BCUT2D eigenvalue weighted by Gasteiger charge is 1.96. The van der Waals surface area contributed by atoms with Crippen molar-refractivity contribution < 1.29 is 9.59 Å². The Morgan fingerprint density at radius 3 is 1.54 bits per heavy atom. The van der Waals surface area contributed by atoms with E-state index in [1.807, 2.05) is 0 Å². The summed E-state index contributed by atoms with van der Waals surface area (Å²) in [6, 6.07) is 0. The van der Waals surface area contributed by atoms with Gasteiger partial charge in [-0.25, -0.2) is 0 Å². The van der Waals surface area contributed by atoms with E-state index in [1.54, 1.807) is 25.6 Å². The number of hydrogen-bond donors (Lipinski definition) is 0. The Balaban J connectivity index is 3.00. The van der Waals surface area contributed by atoms with Crippen molar-refractivity contribution in [3.05, 3.63) is 0 Å². The van der Waals surface area contributed by atoms with Crippen LogP contribution in [-0.2, 0) is 9.59 Å². The fourth-order valence-corrected chi connectivity index (χ4v) is 2.98. The highest BCUT2D eigenvalue weighted by atomic mass is 32.2. The van der Waals surface area contributed by atoms with Crippen LogP contribution < -0.4 is 0 Å². The van der Waals surface area contributed by atoms with Gasteiger partial charge in [0.15, 0.2) is 10.2 Å². The molecule has 0 spiro atoms. The Morgan fingerprint density at radius 1 is 0.846 bits per heavy atom. The molecule has 13 heavy (non-hydrogen) atoms. The predicted molar refractivity (Wildman–Crippen MR) is 63.6 cm³/mol. The van der Waals surface area contributed by atoms with E-state index in [9.17, 15) is 9.59 Å². The second kappa shape index (κ2) is 8.97. The van der Waals surface area contributed by atoms with Gasteiger partial charge in [0, 0.05) is 36.9 Å². The third-order valence-electron chi connectivity index (χ3n) is 1.07. The molecule has 0 unspecified atom stereocenters. The molecule has 0 amide bonds. The molecule has 0 radical (unpaired) electrons. The minimum absolute atomic E-state index is 0.179. The number of carbonyl (C=O) groups is 2. The van der Waals surface area contributed by atoms with Gasteiger partial charge in [-0.2, -0.15) is 11.8 Å². The summed E-state index contributed by atoms with van der Waals surface area (Å²) in [6.07, 6.45) is 0. The van der Waals surface area contributed by atoms with Crippen LogP contribution in [0.5, 0.6) is 0 Å². The molecule has 0 saturated heterocycles. The van der Waals surface area contributed by atoms with Gasteiger partial charge < -0.3 is 0 Å². The lowest BCUT2D eigenvalue weighted by Crippen LogP contribution is -1.93. The molecule has 0 atom stereocenters. The first-order chi connectivity index (χ1) is 6.13. The molecule has 0 N–H and O–H groups in total. The molecule has 0 aliphatic carbocycles. The molecule has 0 fully saturated rings. The van der Waals surface area contributed by atoms with Crippen LogP contribution in [0, 0.1) is 0 Å². The molecule has 0 bridgehead atoms. The molecule has 0 aromatic rings. The van der Waals surface area contributed by atoms with Crippen molar-refractivity contribution in [1.82, 2.24) is 0 Å². The largest absolute Gasteiger partial charge is 0.288 e. The first-order valence-corrected chi connectivity index (χ1v) is 7.10. The Kier molecular flexibility index (Phi) is 9.23. The molecule has 0 heterocycles. The van der Waals surface area contributed by atoms with Gasteiger partial charge >= 0.3 is 0 Å². The van der Waals surface area contributed by atoms with Crippen LogP contribution >= 0.6 is 35.3 Å². The van der Waals surface area contributed by atoms with Gasteiger partial charge in [-0.1, -0.05) is 23.5 Å². The van der Waals surface area contributed by atoms with Gasteiger partial charge in [0.25, 0.3) is 0 Å². The van der Waals surface area contributed by atoms with Crippen molar-refractivity contribution in [3.8, 4) is 0 Å². The lowest BCUT2D eigenvalue weighted by molar-refractivity contribution is -0.109. The maximum absolute atomic E-state index is 10.5. The zero-order valence-electron chi connectivity index (χ0n) is 7.87. The minimum Gasteiger partial charge on any atom is -0.288 e. The number of thioether (sulfide) groups is 3. The van der Waals surface area contributed by atoms with Crippen LogP contribution in [0.15, 0.2) is 0 Å². The summed E-state index contributed by atoms with van der Waals surface area (Å²) in [4.78, 5) is 21.1. The number of hydrogen-bond acceptors (Lipinski definition) is 5. The summed E-state index contributed by atoms with van der Waals surface area (Å²) in [7, 11) is 0. The van der Waals surface area contributed by atoms with Gasteiger partial charge in [-0.15, -0.1) is 0 Å². The molecule has 0 rings (SSSR count). The van der Waals surface area contributed by atoms with Crippen LogP contribution in [0.3, 0.4) is 0 Å². The molecule has 0 aromatic heterocycles. The summed E-state index contributed by atoms with van der Waals surface area (Å²) in [5.74, 6) is 3.74. The smallest absolute Gasteiger partial charge is 0.185 e. The standard InChI is InChI=1S/C8H14O2S3/c1-7(9)12-5-3-11-4-6-13-8(2)10/h3-6H2,1-2H3. The molecule has 0 aromatic carbocycles. The van der Waals surface area contributed by atoms with Crippen molar-refractivity contribution in [2.24, 2.45) is 0 Å². The van der Waals surface area contributed by atoms with Crippen molar-refractivity contribution in [2.75, 3.05) is 23.0 Å². The topological polar surface area (TPSA) is 34.1 Å². The van der Waals surface area contributed by atoms with Crippen LogP contribution in [0.2, 0.25) is 0 Å². The van der Waals surface area contributed by atoms with E-state index < -0.39 is 0 Å².